The highest BCUT2D eigenvalue weighted by Crippen LogP contribution is 2.14. The molecule has 1 unspecified atom stereocenters. The molecule has 1 fully saturated rings. The van der Waals surface area contributed by atoms with Crippen molar-refractivity contribution in [2.75, 3.05) is 19.6 Å². The zero-order chi connectivity index (χ0) is 11.5. The van der Waals surface area contributed by atoms with Gasteiger partial charge in [-0.15, -0.1) is 0 Å². The molecule has 88 valence electrons. The molecule has 0 aromatic carbocycles. The Kier molecular flexibility index (Phi) is 4.11. The topological polar surface area (TPSA) is 58.4 Å². The summed E-state index contributed by atoms with van der Waals surface area (Å²) in [5.74, 6) is 0.0951. The van der Waals surface area contributed by atoms with Gasteiger partial charge in [0.25, 0.3) is 0 Å². The standard InChI is InChI=1S/C11H23N3O/c1-4-5-11(3,12)10(15)14-7-6-13-9(2)8-14/h9,13H,4-8,12H2,1-3H3/t9-,11?/m1/s1. The molecule has 1 heterocycles. The summed E-state index contributed by atoms with van der Waals surface area (Å²) in [6.07, 6.45) is 1.70. The molecule has 0 aromatic heterocycles. The van der Waals surface area contributed by atoms with E-state index in [0.29, 0.717) is 6.04 Å². The van der Waals surface area contributed by atoms with Crippen LogP contribution in [-0.2, 0) is 4.79 Å². The first-order valence-corrected chi connectivity index (χ1v) is 5.79. The number of nitrogens with one attached hydrogen (secondary N) is 1. The molecule has 1 amide bonds. The molecule has 0 spiro atoms. The Labute approximate surface area is 92.2 Å². The molecule has 0 aliphatic carbocycles. The van der Waals surface area contributed by atoms with Crippen LogP contribution in [0, 0.1) is 0 Å². The summed E-state index contributed by atoms with van der Waals surface area (Å²) < 4.78 is 0. The number of piperazine rings is 1. The van der Waals surface area contributed by atoms with Crippen LogP contribution in [0.3, 0.4) is 0 Å². The predicted octanol–water partition coefficient (Wildman–Crippen LogP) is 0.324. The van der Waals surface area contributed by atoms with Crippen molar-refractivity contribution in [3.8, 4) is 0 Å². The van der Waals surface area contributed by atoms with Crippen LogP contribution >= 0.6 is 0 Å². The van der Waals surface area contributed by atoms with Crippen molar-refractivity contribution in [2.45, 2.75) is 45.2 Å². The molecule has 0 saturated carbocycles. The molecule has 1 saturated heterocycles. The van der Waals surface area contributed by atoms with Gasteiger partial charge in [-0.25, -0.2) is 0 Å². The van der Waals surface area contributed by atoms with Gasteiger partial charge >= 0.3 is 0 Å². The zero-order valence-corrected chi connectivity index (χ0v) is 10.0. The summed E-state index contributed by atoms with van der Waals surface area (Å²) in [5, 5.41) is 3.32. The third-order valence-electron chi connectivity index (χ3n) is 2.91. The first-order valence-electron chi connectivity index (χ1n) is 5.79. The highest BCUT2D eigenvalue weighted by atomic mass is 16.2. The van der Waals surface area contributed by atoms with E-state index in [9.17, 15) is 4.79 Å². The van der Waals surface area contributed by atoms with E-state index in [-0.39, 0.29) is 5.91 Å². The van der Waals surface area contributed by atoms with E-state index in [0.717, 1.165) is 32.5 Å². The van der Waals surface area contributed by atoms with E-state index in [2.05, 4.69) is 19.2 Å². The molecule has 0 bridgehead atoms. The minimum absolute atomic E-state index is 0.0951. The molecule has 4 nitrogen and oxygen atoms in total. The van der Waals surface area contributed by atoms with Crippen LogP contribution in [0.5, 0.6) is 0 Å². The van der Waals surface area contributed by atoms with E-state index in [1.165, 1.54) is 0 Å². The normalized spacial score (nSPS) is 26.1. The van der Waals surface area contributed by atoms with Crippen molar-refractivity contribution in [1.82, 2.24) is 10.2 Å². The number of nitrogens with two attached hydrogens (primary N) is 1. The lowest BCUT2D eigenvalue weighted by Gasteiger charge is -2.37. The summed E-state index contributed by atoms with van der Waals surface area (Å²) in [5.41, 5.74) is 5.35. The summed E-state index contributed by atoms with van der Waals surface area (Å²) in [7, 11) is 0. The molecule has 15 heavy (non-hydrogen) atoms. The van der Waals surface area contributed by atoms with Gasteiger partial charge in [-0.3, -0.25) is 4.79 Å². The molecule has 2 atom stereocenters. The number of nitrogens with zero attached hydrogens (tertiary/aromatic N) is 1. The van der Waals surface area contributed by atoms with Crippen LogP contribution in [0.25, 0.3) is 0 Å². The Balaban J connectivity index is 2.58. The number of amides is 1. The summed E-state index contributed by atoms with van der Waals surface area (Å²) >= 11 is 0. The molecular formula is C11H23N3O. The average Bonchev–Trinajstić information content (AvgIpc) is 2.16. The van der Waals surface area contributed by atoms with E-state index >= 15 is 0 Å². The Bertz CT molecular complexity index is 228. The highest BCUT2D eigenvalue weighted by Gasteiger charge is 2.33. The van der Waals surface area contributed by atoms with Gasteiger partial charge in [-0.05, 0) is 20.3 Å². The van der Waals surface area contributed by atoms with Gasteiger partial charge in [0.2, 0.25) is 5.91 Å². The lowest BCUT2D eigenvalue weighted by molar-refractivity contribution is -0.137. The van der Waals surface area contributed by atoms with Gasteiger partial charge in [0.1, 0.15) is 0 Å². The quantitative estimate of drug-likeness (QED) is 0.710. The molecule has 1 aliphatic heterocycles. The maximum atomic E-state index is 12.1. The van der Waals surface area contributed by atoms with Crippen molar-refractivity contribution >= 4 is 5.91 Å². The number of rotatable bonds is 3. The highest BCUT2D eigenvalue weighted by molar-refractivity contribution is 5.85. The van der Waals surface area contributed by atoms with E-state index in [1.54, 1.807) is 0 Å². The fourth-order valence-electron chi connectivity index (χ4n) is 2.10. The maximum Gasteiger partial charge on any atom is 0.242 e. The van der Waals surface area contributed by atoms with Gasteiger partial charge in [0.15, 0.2) is 0 Å². The first kappa shape index (κ1) is 12.5. The fraction of sp³-hybridized carbons (Fsp3) is 0.909. The second-order valence-electron chi connectivity index (χ2n) is 4.77. The van der Waals surface area contributed by atoms with Crippen LogP contribution < -0.4 is 11.1 Å². The Morgan fingerprint density at radius 2 is 2.33 bits per heavy atom. The Morgan fingerprint density at radius 1 is 1.67 bits per heavy atom. The minimum Gasteiger partial charge on any atom is -0.338 e. The van der Waals surface area contributed by atoms with E-state index in [1.807, 2.05) is 11.8 Å². The van der Waals surface area contributed by atoms with Gasteiger partial charge in [-0.2, -0.15) is 0 Å². The molecule has 1 aliphatic rings. The number of hydrogen-bond acceptors (Lipinski definition) is 3. The second kappa shape index (κ2) is 4.94. The van der Waals surface area contributed by atoms with Gasteiger partial charge in [0, 0.05) is 25.7 Å². The van der Waals surface area contributed by atoms with Crippen molar-refractivity contribution in [2.24, 2.45) is 5.73 Å². The van der Waals surface area contributed by atoms with Gasteiger partial charge < -0.3 is 16.0 Å². The largest absolute Gasteiger partial charge is 0.338 e. The van der Waals surface area contributed by atoms with Crippen LogP contribution in [-0.4, -0.2) is 42.0 Å². The molecule has 4 heteroatoms. The van der Waals surface area contributed by atoms with Crippen molar-refractivity contribution in [3.05, 3.63) is 0 Å². The number of hydrogen-bond donors (Lipinski definition) is 2. The molecular weight excluding hydrogens is 190 g/mol. The average molecular weight is 213 g/mol. The summed E-state index contributed by atoms with van der Waals surface area (Å²) in [4.78, 5) is 14.0. The smallest absolute Gasteiger partial charge is 0.242 e. The van der Waals surface area contributed by atoms with E-state index in [4.69, 9.17) is 5.73 Å². The fourth-order valence-corrected chi connectivity index (χ4v) is 2.10. The molecule has 1 rings (SSSR count). The van der Waals surface area contributed by atoms with Crippen LogP contribution in [0.4, 0.5) is 0 Å². The molecule has 0 aromatic rings. The maximum absolute atomic E-state index is 12.1. The summed E-state index contributed by atoms with van der Waals surface area (Å²) in [6.45, 7) is 8.40. The summed E-state index contributed by atoms with van der Waals surface area (Å²) in [6, 6.07) is 0.375. The van der Waals surface area contributed by atoms with Crippen LogP contribution in [0.1, 0.15) is 33.6 Å². The van der Waals surface area contributed by atoms with Crippen molar-refractivity contribution in [1.29, 1.82) is 0 Å². The molecule has 3 N–H and O–H groups in total. The van der Waals surface area contributed by atoms with E-state index < -0.39 is 5.54 Å². The van der Waals surface area contributed by atoms with Crippen LogP contribution in [0.2, 0.25) is 0 Å². The first-order chi connectivity index (χ1) is 6.97. The number of carbonyl (C=O) groups excluding carboxylic acids is 1. The predicted molar refractivity (Wildman–Crippen MR) is 61.5 cm³/mol. The van der Waals surface area contributed by atoms with Crippen molar-refractivity contribution < 1.29 is 4.79 Å². The van der Waals surface area contributed by atoms with Crippen LogP contribution in [0.15, 0.2) is 0 Å². The van der Waals surface area contributed by atoms with Crippen molar-refractivity contribution in [3.63, 3.8) is 0 Å². The number of carbonyl (C=O) groups is 1. The third-order valence-corrected chi connectivity index (χ3v) is 2.91. The lowest BCUT2D eigenvalue weighted by atomic mass is 9.95. The zero-order valence-electron chi connectivity index (χ0n) is 10.0. The monoisotopic (exact) mass is 213 g/mol. The van der Waals surface area contributed by atoms with Gasteiger partial charge in [-0.1, -0.05) is 13.3 Å². The SMILES string of the molecule is CCCC(C)(N)C(=O)N1CCN[C@H](C)C1. The molecule has 0 radical (unpaired) electrons. The minimum atomic E-state index is -0.689. The Morgan fingerprint density at radius 3 is 2.87 bits per heavy atom. The third kappa shape index (κ3) is 3.18. The Hall–Kier alpha value is -0.610. The lowest BCUT2D eigenvalue weighted by Crippen LogP contribution is -2.59. The van der Waals surface area contributed by atoms with Gasteiger partial charge in [0.05, 0.1) is 5.54 Å². The second-order valence-corrected chi connectivity index (χ2v) is 4.77.